The number of rotatable bonds is 6. The molecule has 0 bridgehead atoms. The summed E-state index contributed by atoms with van der Waals surface area (Å²) in [6.45, 7) is 5.04. The van der Waals surface area contributed by atoms with Crippen LogP contribution in [0, 0.1) is 5.82 Å². The van der Waals surface area contributed by atoms with Crippen molar-refractivity contribution in [1.82, 2.24) is 15.3 Å². The Balaban J connectivity index is 1.98. The van der Waals surface area contributed by atoms with Crippen LogP contribution in [0.4, 0.5) is 9.52 Å². The van der Waals surface area contributed by atoms with Crippen molar-refractivity contribution < 1.29 is 9.18 Å². The highest BCUT2D eigenvalue weighted by Gasteiger charge is 2.13. The number of amides is 1. The molecule has 2 aromatic heterocycles. The lowest BCUT2D eigenvalue weighted by molar-refractivity contribution is 0.102. The third kappa shape index (κ3) is 4.30. The van der Waals surface area contributed by atoms with E-state index in [0.717, 1.165) is 24.9 Å². The Morgan fingerprint density at radius 1 is 1.48 bits per heavy atom. The number of nitrogens with zero attached hydrogens (tertiary/aromatic N) is 2. The monoisotopic (exact) mass is 308 g/mol. The van der Waals surface area contributed by atoms with Crippen LogP contribution >= 0.6 is 11.3 Å². The van der Waals surface area contributed by atoms with Crippen molar-refractivity contribution >= 4 is 22.4 Å². The van der Waals surface area contributed by atoms with Gasteiger partial charge in [-0.25, -0.2) is 14.4 Å². The minimum absolute atomic E-state index is 0.135. The number of thiazole rings is 1. The van der Waals surface area contributed by atoms with Gasteiger partial charge in [0.1, 0.15) is 11.5 Å². The van der Waals surface area contributed by atoms with E-state index < -0.39 is 11.7 Å². The van der Waals surface area contributed by atoms with Crippen LogP contribution in [0.25, 0.3) is 0 Å². The van der Waals surface area contributed by atoms with E-state index in [1.54, 1.807) is 0 Å². The van der Waals surface area contributed by atoms with Gasteiger partial charge in [-0.15, -0.1) is 11.3 Å². The third-order valence-electron chi connectivity index (χ3n) is 2.85. The Morgan fingerprint density at radius 3 is 2.95 bits per heavy atom. The maximum Gasteiger partial charge on any atom is 0.276 e. The lowest BCUT2D eigenvalue weighted by Gasteiger charge is -2.09. The molecule has 0 saturated heterocycles. The average Bonchev–Trinajstić information content (AvgIpc) is 2.94. The smallest absolute Gasteiger partial charge is 0.276 e. The summed E-state index contributed by atoms with van der Waals surface area (Å²) >= 11 is 1.35. The van der Waals surface area contributed by atoms with Gasteiger partial charge in [-0.3, -0.25) is 10.1 Å². The lowest BCUT2D eigenvalue weighted by Crippen LogP contribution is -2.19. The number of hydrogen-bond acceptors (Lipinski definition) is 5. The van der Waals surface area contributed by atoms with Crippen molar-refractivity contribution in [3.63, 3.8) is 0 Å². The number of nitrogens with one attached hydrogen (secondary N) is 2. The summed E-state index contributed by atoms with van der Waals surface area (Å²) in [5.74, 6) is -0.871. The van der Waals surface area contributed by atoms with Crippen LogP contribution in [0.3, 0.4) is 0 Å². The Morgan fingerprint density at radius 2 is 2.29 bits per heavy atom. The Labute approximate surface area is 126 Å². The number of carbonyl (C=O) groups excluding carboxylic acids is 1. The highest BCUT2D eigenvalue weighted by atomic mass is 32.1. The summed E-state index contributed by atoms with van der Waals surface area (Å²) < 4.78 is 12.8. The van der Waals surface area contributed by atoms with E-state index in [1.165, 1.54) is 23.5 Å². The zero-order chi connectivity index (χ0) is 15.2. The number of aromatic nitrogens is 2. The van der Waals surface area contributed by atoms with Crippen molar-refractivity contribution in [1.29, 1.82) is 0 Å². The summed E-state index contributed by atoms with van der Waals surface area (Å²) in [6, 6.07) is 2.67. The van der Waals surface area contributed by atoms with E-state index in [-0.39, 0.29) is 11.7 Å². The summed E-state index contributed by atoms with van der Waals surface area (Å²) in [7, 11) is 0. The topological polar surface area (TPSA) is 66.9 Å². The molecule has 2 heterocycles. The van der Waals surface area contributed by atoms with Crippen LogP contribution in [0.5, 0.6) is 0 Å². The molecule has 1 amide bonds. The quantitative estimate of drug-likeness (QED) is 0.861. The van der Waals surface area contributed by atoms with E-state index in [9.17, 15) is 9.18 Å². The van der Waals surface area contributed by atoms with Gasteiger partial charge in [0.25, 0.3) is 5.91 Å². The minimum atomic E-state index is -0.473. The number of halogens is 1. The summed E-state index contributed by atoms with van der Waals surface area (Å²) in [5, 5.41) is 8.40. The maximum atomic E-state index is 12.8. The van der Waals surface area contributed by atoms with Gasteiger partial charge in [-0.05, 0) is 32.0 Å². The third-order valence-corrected chi connectivity index (χ3v) is 3.62. The Kier molecular flexibility index (Phi) is 5.35. The molecule has 0 aromatic carbocycles. The van der Waals surface area contributed by atoms with Gasteiger partial charge in [-0.1, -0.05) is 6.92 Å². The number of pyridine rings is 1. The molecule has 0 spiro atoms. The fourth-order valence-corrected chi connectivity index (χ4v) is 2.48. The van der Waals surface area contributed by atoms with Crippen molar-refractivity contribution in [2.24, 2.45) is 0 Å². The second kappa shape index (κ2) is 7.24. The van der Waals surface area contributed by atoms with E-state index in [2.05, 4.69) is 27.5 Å². The van der Waals surface area contributed by atoms with Crippen LogP contribution in [0.15, 0.2) is 23.7 Å². The largest absolute Gasteiger partial charge is 0.309 e. The van der Waals surface area contributed by atoms with Gasteiger partial charge in [0.2, 0.25) is 0 Å². The molecule has 0 saturated carbocycles. The molecule has 1 unspecified atom stereocenters. The van der Waals surface area contributed by atoms with E-state index in [1.807, 2.05) is 12.3 Å². The Bertz CT molecular complexity index is 599. The normalized spacial score (nSPS) is 12.1. The minimum Gasteiger partial charge on any atom is -0.309 e. The fourth-order valence-electron chi connectivity index (χ4n) is 1.68. The standard InChI is InChI=1S/C14H17FN4OS/c1-3-6-16-9(2)12-8-21-14(18-12)19-13(20)11-5-4-10(15)7-17-11/h4-5,7-9,16H,3,6H2,1-2H3,(H,18,19,20). The summed E-state index contributed by atoms with van der Waals surface area (Å²) in [4.78, 5) is 20.0. The van der Waals surface area contributed by atoms with Gasteiger partial charge in [0.15, 0.2) is 5.13 Å². The molecular formula is C14H17FN4OS. The van der Waals surface area contributed by atoms with E-state index in [4.69, 9.17) is 0 Å². The molecule has 7 heteroatoms. The van der Waals surface area contributed by atoms with Crippen LogP contribution in [-0.2, 0) is 0 Å². The maximum absolute atomic E-state index is 12.8. The van der Waals surface area contributed by atoms with Gasteiger partial charge < -0.3 is 5.32 Å². The molecule has 1 atom stereocenters. The molecule has 0 radical (unpaired) electrons. The second-order valence-corrected chi connectivity index (χ2v) is 5.43. The summed E-state index contributed by atoms with van der Waals surface area (Å²) in [5.41, 5.74) is 1.04. The second-order valence-electron chi connectivity index (χ2n) is 4.57. The van der Waals surface area contributed by atoms with Crippen LogP contribution in [-0.4, -0.2) is 22.4 Å². The Hall–Kier alpha value is -1.86. The van der Waals surface area contributed by atoms with Crippen LogP contribution in [0.2, 0.25) is 0 Å². The van der Waals surface area contributed by atoms with Crippen molar-refractivity contribution in [3.05, 3.63) is 40.9 Å². The molecule has 21 heavy (non-hydrogen) atoms. The van der Waals surface area contributed by atoms with E-state index >= 15 is 0 Å². The fraction of sp³-hybridized carbons (Fsp3) is 0.357. The van der Waals surface area contributed by atoms with Gasteiger partial charge in [-0.2, -0.15) is 0 Å². The first-order valence-corrected chi connectivity index (χ1v) is 7.59. The molecule has 0 aliphatic heterocycles. The van der Waals surface area contributed by atoms with Crippen molar-refractivity contribution in [2.75, 3.05) is 11.9 Å². The highest BCUT2D eigenvalue weighted by molar-refractivity contribution is 7.14. The van der Waals surface area contributed by atoms with Gasteiger partial charge in [0, 0.05) is 11.4 Å². The molecule has 2 aromatic rings. The molecule has 0 aliphatic rings. The first-order valence-electron chi connectivity index (χ1n) is 6.72. The van der Waals surface area contributed by atoms with Crippen LogP contribution < -0.4 is 10.6 Å². The SMILES string of the molecule is CCCNC(C)c1csc(NC(=O)c2ccc(F)cn2)n1. The molecule has 0 aliphatic carbocycles. The molecule has 112 valence electrons. The highest BCUT2D eigenvalue weighted by Crippen LogP contribution is 2.21. The van der Waals surface area contributed by atoms with Crippen LogP contribution in [0.1, 0.15) is 42.5 Å². The predicted octanol–water partition coefficient (Wildman–Crippen LogP) is 2.99. The molecule has 2 N–H and O–H groups in total. The number of hydrogen-bond donors (Lipinski definition) is 2. The molecule has 0 fully saturated rings. The summed E-state index contributed by atoms with van der Waals surface area (Å²) in [6.07, 6.45) is 2.06. The lowest BCUT2D eigenvalue weighted by atomic mass is 10.2. The molecular weight excluding hydrogens is 291 g/mol. The van der Waals surface area contributed by atoms with E-state index in [0.29, 0.717) is 5.13 Å². The number of anilines is 1. The first-order chi connectivity index (χ1) is 10.1. The first kappa shape index (κ1) is 15.5. The zero-order valence-corrected chi connectivity index (χ0v) is 12.7. The van der Waals surface area contributed by atoms with Crippen molar-refractivity contribution in [2.45, 2.75) is 26.3 Å². The molecule has 5 nitrogen and oxygen atoms in total. The molecule has 2 rings (SSSR count). The van der Waals surface area contributed by atoms with Crippen molar-refractivity contribution in [3.8, 4) is 0 Å². The zero-order valence-electron chi connectivity index (χ0n) is 11.9. The van der Waals surface area contributed by atoms with Gasteiger partial charge in [0.05, 0.1) is 11.9 Å². The average molecular weight is 308 g/mol. The van der Waals surface area contributed by atoms with Gasteiger partial charge >= 0.3 is 0 Å². The predicted molar refractivity (Wildman–Crippen MR) is 81.0 cm³/mol. The number of carbonyl (C=O) groups is 1.